The number of carbonyl (C=O) groups excluding carboxylic acids is 4. The SMILES string of the molecule is CC(CN(CCCCCCN(CCCc1ccccc1)CCCN1C(=O)c2ccccc2C1=O)CCCN1C(=O)c2ccccc2C1=O)c1ccccc1. The molecule has 4 aromatic rings. The van der Waals surface area contributed by atoms with Gasteiger partial charge in [-0.15, -0.1) is 0 Å². The van der Waals surface area contributed by atoms with Crippen molar-refractivity contribution in [2.24, 2.45) is 0 Å². The zero-order valence-corrected chi connectivity index (χ0v) is 31.7. The van der Waals surface area contributed by atoms with E-state index in [0.29, 0.717) is 41.3 Å². The molecule has 2 aliphatic heterocycles. The van der Waals surface area contributed by atoms with Gasteiger partial charge in [-0.3, -0.25) is 29.0 Å². The maximum atomic E-state index is 12.9. The summed E-state index contributed by atoms with van der Waals surface area (Å²) in [5.41, 5.74) is 4.71. The molecular weight excluding hydrogens is 673 g/mol. The molecule has 0 bridgehead atoms. The number of unbranched alkanes of at least 4 members (excludes halogenated alkanes) is 3. The van der Waals surface area contributed by atoms with E-state index in [1.54, 1.807) is 24.3 Å². The van der Waals surface area contributed by atoms with Crippen LogP contribution in [0.1, 0.15) is 110 Å². The first-order valence-electron chi connectivity index (χ1n) is 19.8. The van der Waals surface area contributed by atoms with Crippen molar-refractivity contribution in [2.45, 2.75) is 64.2 Å². The number of rotatable bonds is 22. The number of fused-ring (bicyclic) bond motifs is 2. The van der Waals surface area contributed by atoms with Gasteiger partial charge in [-0.05, 0) is 113 Å². The summed E-state index contributed by atoms with van der Waals surface area (Å²) in [6.07, 6.45) is 8.02. The van der Waals surface area contributed by atoms with E-state index in [-0.39, 0.29) is 23.6 Å². The van der Waals surface area contributed by atoms with Gasteiger partial charge in [0.05, 0.1) is 22.3 Å². The lowest BCUT2D eigenvalue weighted by atomic mass is 10.0. The molecule has 6 rings (SSSR count). The molecule has 282 valence electrons. The Bertz CT molecular complexity index is 1790. The quantitative estimate of drug-likeness (QED) is 0.0604. The van der Waals surface area contributed by atoms with Gasteiger partial charge >= 0.3 is 0 Å². The van der Waals surface area contributed by atoms with E-state index in [0.717, 1.165) is 90.6 Å². The van der Waals surface area contributed by atoms with Crippen molar-refractivity contribution < 1.29 is 19.2 Å². The predicted octanol–water partition coefficient (Wildman–Crippen LogP) is 7.96. The van der Waals surface area contributed by atoms with E-state index < -0.39 is 0 Å². The lowest BCUT2D eigenvalue weighted by Gasteiger charge is -2.27. The molecule has 54 heavy (non-hydrogen) atoms. The van der Waals surface area contributed by atoms with E-state index in [4.69, 9.17) is 0 Å². The minimum Gasteiger partial charge on any atom is -0.303 e. The third-order valence-corrected chi connectivity index (χ3v) is 10.9. The number of carbonyl (C=O) groups is 4. The summed E-state index contributed by atoms with van der Waals surface area (Å²) in [7, 11) is 0. The number of hydrogen-bond donors (Lipinski definition) is 0. The van der Waals surface area contributed by atoms with Crippen LogP contribution in [0.15, 0.2) is 109 Å². The summed E-state index contributed by atoms with van der Waals surface area (Å²) < 4.78 is 0. The maximum Gasteiger partial charge on any atom is 0.261 e. The van der Waals surface area contributed by atoms with Crippen LogP contribution in [-0.2, 0) is 6.42 Å². The Balaban J connectivity index is 0.965. The van der Waals surface area contributed by atoms with Crippen LogP contribution in [0.3, 0.4) is 0 Å². The molecular formula is C46H54N4O4. The number of benzene rings is 4. The molecule has 4 amide bonds. The van der Waals surface area contributed by atoms with Crippen LogP contribution in [0.25, 0.3) is 0 Å². The summed E-state index contributed by atoms with van der Waals surface area (Å²) in [5, 5.41) is 0. The highest BCUT2D eigenvalue weighted by Crippen LogP contribution is 2.24. The predicted molar refractivity (Wildman–Crippen MR) is 214 cm³/mol. The van der Waals surface area contributed by atoms with Crippen molar-refractivity contribution in [1.82, 2.24) is 19.6 Å². The van der Waals surface area contributed by atoms with Gasteiger partial charge in [0.25, 0.3) is 23.6 Å². The van der Waals surface area contributed by atoms with E-state index in [9.17, 15) is 19.2 Å². The zero-order valence-electron chi connectivity index (χ0n) is 31.7. The minimum absolute atomic E-state index is 0.179. The average Bonchev–Trinajstić information content (AvgIpc) is 3.59. The van der Waals surface area contributed by atoms with Crippen LogP contribution < -0.4 is 0 Å². The minimum atomic E-state index is -0.183. The molecule has 0 saturated heterocycles. The second-order valence-electron chi connectivity index (χ2n) is 14.8. The molecule has 8 nitrogen and oxygen atoms in total. The molecule has 0 aliphatic carbocycles. The largest absolute Gasteiger partial charge is 0.303 e. The lowest BCUT2D eigenvalue weighted by molar-refractivity contribution is 0.0631. The number of amides is 4. The molecule has 0 saturated carbocycles. The smallest absolute Gasteiger partial charge is 0.261 e. The number of imide groups is 2. The van der Waals surface area contributed by atoms with Gasteiger partial charge in [0, 0.05) is 19.6 Å². The Kier molecular flexibility index (Phi) is 14.0. The van der Waals surface area contributed by atoms with Gasteiger partial charge in [0.15, 0.2) is 0 Å². The van der Waals surface area contributed by atoms with Gasteiger partial charge < -0.3 is 9.80 Å². The maximum absolute atomic E-state index is 12.9. The van der Waals surface area contributed by atoms with Crippen molar-refractivity contribution in [3.05, 3.63) is 143 Å². The summed E-state index contributed by atoms with van der Waals surface area (Å²) in [6, 6.07) is 35.4. The monoisotopic (exact) mass is 726 g/mol. The van der Waals surface area contributed by atoms with Gasteiger partial charge in [0.2, 0.25) is 0 Å². The molecule has 0 radical (unpaired) electrons. The average molecular weight is 727 g/mol. The first kappa shape index (κ1) is 38.8. The van der Waals surface area contributed by atoms with E-state index in [2.05, 4.69) is 77.4 Å². The van der Waals surface area contributed by atoms with E-state index >= 15 is 0 Å². The van der Waals surface area contributed by atoms with E-state index in [1.165, 1.54) is 20.9 Å². The van der Waals surface area contributed by atoms with Crippen LogP contribution in [0.5, 0.6) is 0 Å². The molecule has 4 aromatic carbocycles. The number of aryl methyl sites for hydroxylation is 1. The standard InChI is InChI=1S/C46H54N4O4/c1-36(38-22-8-5-9-23-38)35-48(32-18-34-50-45(53)41-26-12-13-27-42(41)46(50)54)29-15-3-2-14-28-47(30-16-21-37-19-6-4-7-20-37)31-17-33-49-43(51)39-24-10-11-25-40(39)44(49)52/h4-13,19-20,22-27,36H,2-3,14-18,21,28-35H2,1H3. The van der Waals surface area contributed by atoms with Crippen LogP contribution in [-0.4, -0.2) is 95.6 Å². The number of hydrogen-bond acceptors (Lipinski definition) is 6. The van der Waals surface area contributed by atoms with Crippen molar-refractivity contribution in [3.8, 4) is 0 Å². The second-order valence-corrected chi connectivity index (χ2v) is 14.8. The third kappa shape index (κ3) is 9.98. The molecule has 1 atom stereocenters. The first-order valence-corrected chi connectivity index (χ1v) is 19.8. The summed E-state index contributed by atoms with van der Waals surface area (Å²) in [6.45, 7) is 8.68. The number of nitrogens with zero attached hydrogens (tertiary/aromatic N) is 4. The first-order chi connectivity index (χ1) is 26.4. The molecule has 1 unspecified atom stereocenters. The lowest BCUT2D eigenvalue weighted by Crippen LogP contribution is -2.35. The fraction of sp³-hybridized carbons (Fsp3) is 0.391. The van der Waals surface area contributed by atoms with Gasteiger partial charge in [-0.25, -0.2) is 0 Å². The van der Waals surface area contributed by atoms with Crippen molar-refractivity contribution in [2.75, 3.05) is 52.4 Å². The van der Waals surface area contributed by atoms with E-state index in [1.807, 2.05) is 24.3 Å². The Hall–Kier alpha value is -4.92. The molecule has 0 aromatic heterocycles. The molecule has 2 aliphatic rings. The summed E-state index contributed by atoms with van der Waals surface area (Å²) in [5.74, 6) is -0.352. The van der Waals surface area contributed by atoms with Crippen molar-refractivity contribution in [1.29, 1.82) is 0 Å². The van der Waals surface area contributed by atoms with Gasteiger partial charge in [-0.1, -0.05) is 105 Å². The normalized spacial score (nSPS) is 14.4. The molecule has 0 N–H and O–H groups in total. The second kappa shape index (κ2) is 19.4. The van der Waals surface area contributed by atoms with Crippen molar-refractivity contribution in [3.63, 3.8) is 0 Å². The molecule has 0 fully saturated rings. The van der Waals surface area contributed by atoms with Gasteiger partial charge in [-0.2, -0.15) is 0 Å². The Labute approximate surface area is 320 Å². The highest BCUT2D eigenvalue weighted by Gasteiger charge is 2.35. The Morgan fingerprint density at radius 3 is 1.33 bits per heavy atom. The van der Waals surface area contributed by atoms with Crippen LogP contribution >= 0.6 is 0 Å². The summed E-state index contributed by atoms with van der Waals surface area (Å²) >= 11 is 0. The Morgan fingerprint density at radius 1 is 0.444 bits per heavy atom. The molecule has 2 heterocycles. The third-order valence-electron chi connectivity index (χ3n) is 10.9. The molecule has 8 heteroatoms. The van der Waals surface area contributed by atoms with Crippen molar-refractivity contribution >= 4 is 23.6 Å². The highest BCUT2D eigenvalue weighted by atomic mass is 16.2. The highest BCUT2D eigenvalue weighted by molar-refractivity contribution is 6.22. The van der Waals surface area contributed by atoms with Crippen LogP contribution in [0.2, 0.25) is 0 Å². The topological polar surface area (TPSA) is 81.2 Å². The molecule has 0 spiro atoms. The van der Waals surface area contributed by atoms with Crippen LogP contribution in [0, 0.1) is 0 Å². The fourth-order valence-corrected chi connectivity index (χ4v) is 7.87. The van der Waals surface area contributed by atoms with Gasteiger partial charge in [0.1, 0.15) is 0 Å². The zero-order chi connectivity index (χ0) is 37.7. The summed E-state index contributed by atoms with van der Waals surface area (Å²) in [4.78, 5) is 59.5. The fourth-order valence-electron chi connectivity index (χ4n) is 7.87. The Morgan fingerprint density at radius 2 is 0.833 bits per heavy atom. The van der Waals surface area contributed by atoms with Crippen LogP contribution in [0.4, 0.5) is 0 Å².